The van der Waals surface area contributed by atoms with Crippen molar-refractivity contribution in [2.45, 2.75) is 44.9 Å². The minimum absolute atomic E-state index is 0.0425. The van der Waals surface area contributed by atoms with Gasteiger partial charge in [0.2, 0.25) is 5.95 Å². The molecule has 0 radical (unpaired) electrons. The second kappa shape index (κ2) is 5.95. The van der Waals surface area contributed by atoms with E-state index in [1.165, 1.54) is 6.20 Å². The molecule has 20 heavy (non-hydrogen) atoms. The highest BCUT2D eigenvalue weighted by molar-refractivity contribution is 5.32. The van der Waals surface area contributed by atoms with Crippen LogP contribution >= 0.6 is 0 Å². The van der Waals surface area contributed by atoms with Crippen LogP contribution in [0.2, 0.25) is 0 Å². The Morgan fingerprint density at radius 2 is 2.20 bits per heavy atom. The summed E-state index contributed by atoms with van der Waals surface area (Å²) in [5.74, 6) is 0.142. The maximum absolute atomic E-state index is 12.7. The fourth-order valence-electron chi connectivity index (χ4n) is 2.32. The zero-order valence-electron chi connectivity index (χ0n) is 11.6. The molecule has 1 N–H and O–H groups in total. The van der Waals surface area contributed by atoms with E-state index >= 15 is 0 Å². The van der Waals surface area contributed by atoms with Crippen molar-refractivity contribution in [3.63, 3.8) is 0 Å². The average Bonchev–Trinajstić information content (AvgIpc) is 2.87. The molecule has 0 aromatic carbocycles. The summed E-state index contributed by atoms with van der Waals surface area (Å²) in [6.07, 6.45) is -1.14. The lowest BCUT2D eigenvalue weighted by atomic mass is 10.2. The summed E-state index contributed by atoms with van der Waals surface area (Å²) in [7, 11) is 0. The summed E-state index contributed by atoms with van der Waals surface area (Å²) in [6.45, 7) is 5.44. The third-order valence-electron chi connectivity index (χ3n) is 3.39. The predicted octanol–water partition coefficient (Wildman–Crippen LogP) is 2.46. The first-order valence-corrected chi connectivity index (χ1v) is 6.78. The predicted molar refractivity (Wildman–Crippen MR) is 70.5 cm³/mol. The van der Waals surface area contributed by atoms with Crippen LogP contribution in [-0.4, -0.2) is 35.1 Å². The number of rotatable bonds is 4. The number of nitrogens with one attached hydrogen (secondary N) is 1. The topological polar surface area (TPSA) is 41.0 Å². The average molecular weight is 288 g/mol. The van der Waals surface area contributed by atoms with Crippen LogP contribution in [0.3, 0.4) is 0 Å². The van der Waals surface area contributed by atoms with Crippen molar-refractivity contribution in [3.05, 3.63) is 18.0 Å². The monoisotopic (exact) mass is 288 g/mol. The highest BCUT2D eigenvalue weighted by Gasteiger charge is 2.33. The zero-order valence-corrected chi connectivity index (χ0v) is 11.6. The normalized spacial score (nSPS) is 19.6. The van der Waals surface area contributed by atoms with Gasteiger partial charge in [-0.05, 0) is 39.3 Å². The van der Waals surface area contributed by atoms with Gasteiger partial charge in [-0.2, -0.15) is 13.2 Å². The molecule has 4 nitrogen and oxygen atoms in total. The van der Waals surface area contributed by atoms with Crippen LogP contribution in [-0.2, 0) is 6.18 Å². The number of aromatic nitrogens is 2. The van der Waals surface area contributed by atoms with Gasteiger partial charge in [0.15, 0.2) is 0 Å². The standard InChI is InChI=1S/C13H19F3N4/c1-9(2)20(8-10-4-3-6-17-10)12-18-7-5-11(19-12)13(14,15)16/h5,7,9-10,17H,3-4,6,8H2,1-2H3. The van der Waals surface area contributed by atoms with Crippen LogP contribution in [0.1, 0.15) is 32.4 Å². The van der Waals surface area contributed by atoms with Crippen LogP contribution in [0.15, 0.2) is 12.3 Å². The first kappa shape index (κ1) is 15.0. The second-order valence-electron chi connectivity index (χ2n) is 5.28. The van der Waals surface area contributed by atoms with Crippen LogP contribution in [0.5, 0.6) is 0 Å². The van der Waals surface area contributed by atoms with Crippen LogP contribution in [0, 0.1) is 0 Å². The lowest BCUT2D eigenvalue weighted by molar-refractivity contribution is -0.141. The Kier molecular flexibility index (Phi) is 4.47. The summed E-state index contributed by atoms with van der Waals surface area (Å²) < 4.78 is 38.1. The van der Waals surface area contributed by atoms with Crippen molar-refractivity contribution in [1.29, 1.82) is 0 Å². The number of hydrogen-bond acceptors (Lipinski definition) is 4. The molecular weight excluding hydrogens is 269 g/mol. The molecule has 1 unspecified atom stereocenters. The largest absolute Gasteiger partial charge is 0.433 e. The van der Waals surface area contributed by atoms with Crippen molar-refractivity contribution in [3.8, 4) is 0 Å². The molecule has 0 spiro atoms. The van der Waals surface area contributed by atoms with Gasteiger partial charge in [0.1, 0.15) is 5.69 Å². The van der Waals surface area contributed by atoms with Crippen molar-refractivity contribution in [2.75, 3.05) is 18.0 Å². The fraction of sp³-hybridized carbons (Fsp3) is 0.692. The number of nitrogens with zero attached hydrogens (tertiary/aromatic N) is 3. The Labute approximate surface area is 116 Å². The minimum atomic E-state index is -4.44. The van der Waals surface area contributed by atoms with E-state index in [0.29, 0.717) is 6.54 Å². The molecule has 0 aliphatic carbocycles. The molecule has 1 aromatic rings. The van der Waals surface area contributed by atoms with E-state index in [4.69, 9.17) is 0 Å². The molecule has 2 rings (SSSR count). The molecule has 1 aliphatic rings. The Morgan fingerprint density at radius 1 is 1.45 bits per heavy atom. The van der Waals surface area contributed by atoms with Gasteiger partial charge < -0.3 is 10.2 Å². The quantitative estimate of drug-likeness (QED) is 0.924. The van der Waals surface area contributed by atoms with Crippen molar-refractivity contribution in [2.24, 2.45) is 0 Å². The van der Waals surface area contributed by atoms with Crippen LogP contribution < -0.4 is 10.2 Å². The molecule has 1 aromatic heterocycles. The number of halogens is 3. The molecule has 1 aliphatic heterocycles. The Bertz CT molecular complexity index is 441. The molecule has 1 fully saturated rings. The molecule has 1 atom stereocenters. The van der Waals surface area contributed by atoms with E-state index in [1.807, 2.05) is 18.7 Å². The maximum atomic E-state index is 12.7. The summed E-state index contributed by atoms with van der Waals surface area (Å²) in [5, 5.41) is 3.34. The van der Waals surface area contributed by atoms with Gasteiger partial charge in [-0.15, -0.1) is 0 Å². The summed E-state index contributed by atoms with van der Waals surface area (Å²) in [4.78, 5) is 9.49. The highest BCUT2D eigenvalue weighted by atomic mass is 19.4. The third kappa shape index (κ3) is 3.59. The first-order valence-electron chi connectivity index (χ1n) is 6.78. The number of anilines is 1. The lowest BCUT2D eigenvalue weighted by Gasteiger charge is -2.29. The van der Waals surface area contributed by atoms with Crippen LogP contribution in [0.4, 0.5) is 19.1 Å². The van der Waals surface area contributed by atoms with E-state index in [0.717, 1.165) is 25.5 Å². The number of hydrogen-bond donors (Lipinski definition) is 1. The molecule has 0 bridgehead atoms. The van der Waals surface area contributed by atoms with Gasteiger partial charge in [0.05, 0.1) is 0 Å². The minimum Gasteiger partial charge on any atom is -0.337 e. The molecule has 1 saturated heterocycles. The van der Waals surface area contributed by atoms with E-state index in [1.54, 1.807) is 0 Å². The van der Waals surface area contributed by atoms with Crippen LogP contribution in [0.25, 0.3) is 0 Å². The van der Waals surface area contributed by atoms with Gasteiger partial charge in [0, 0.05) is 24.8 Å². The van der Waals surface area contributed by atoms with Crippen molar-refractivity contribution >= 4 is 5.95 Å². The molecule has 0 amide bonds. The summed E-state index contributed by atoms with van der Waals surface area (Å²) in [6, 6.07) is 1.23. The first-order chi connectivity index (χ1) is 9.38. The molecule has 112 valence electrons. The summed E-state index contributed by atoms with van der Waals surface area (Å²) >= 11 is 0. The molecule has 2 heterocycles. The Morgan fingerprint density at radius 3 is 2.75 bits per heavy atom. The fourth-order valence-corrected chi connectivity index (χ4v) is 2.32. The molecule has 7 heteroatoms. The van der Waals surface area contributed by atoms with E-state index < -0.39 is 11.9 Å². The van der Waals surface area contributed by atoms with Gasteiger partial charge in [-0.25, -0.2) is 9.97 Å². The third-order valence-corrected chi connectivity index (χ3v) is 3.39. The number of alkyl halides is 3. The van der Waals surface area contributed by atoms with Gasteiger partial charge in [-0.1, -0.05) is 0 Å². The van der Waals surface area contributed by atoms with E-state index in [2.05, 4.69) is 15.3 Å². The van der Waals surface area contributed by atoms with Gasteiger partial charge in [-0.3, -0.25) is 0 Å². The Balaban J connectivity index is 2.20. The zero-order chi connectivity index (χ0) is 14.8. The van der Waals surface area contributed by atoms with Gasteiger partial charge >= 0.3 is 6.18 Å². The molecular formula is C13H19F3N4. The van der Waals surface area contributed by atoms with E-state index in [9.17, 15) is 13.2 Å². The van der Waals surface area contributed by atoms with E-state index in [-0.39, 0.29) is 18.0 Å². The highest BCUT2D eigenvalue weighted by Crippen LogP contribution is 2.28. The smallest absolute Gasteiger partial charge is 0.337 e. The Hall–Kier alpha value is -1.37. The van der Waals surface area contributed by atoms with Crippen molar-refractivity contribution in [1.82, 2.24) is 15.3 Å². The second-order valence-corrected chi connectivity index (χ2v) is 5.28. The van der Waals surface area contributed by atoms with Gasteiger partial charge in [0.25, 0.3) is 0 Å². The lowest BCUT2D eigenvalue weighted by Crippen LogP contribution is -2.42. The maximum Gasteiger partial charge on any atom is 0.433 e. The summed E-state index contributed by atoms with van der Waals surface area (Å²) in [5.41, 5.74) is -0.896. The van der Waals surface area contributed by atoms with Crippen molar-refractivity contribution < 1.29 is 13.2 Å². The molecule has 0 saturated carbocycles. The SMILES string of the molecule is CC(C)N(CC1CCCN1)c1nccc(C(F)(F)F)n1.